The van der Waals surface area contributed by atoms with Crippen LogP contribution in [-0.4, -0.2) is 31.8 Å². The van der Waals surface area contributed by atoms with Crippen molar-refractivity contribution in [2.24, 2.45) is 0 Å². The molecule has 1 N–H and O–H groups in total. The fraction of sp³-hybridized carbons (Fsp3) is 0.625. The van der Waals surface area contributed by atoms with Crippen molar-refractivity contribution < 1.29 is 4.74 Å². The van der Waals surface area contributed by atoms with Crippen molar-refractivity contribution >= 4 is 21.6 Å². The standard InChI is InChI=1S/C16H25BrN2O/c1-16(2,3)18-10-12-5-6-15(14(17)9-12)19-8-7-13(11-19)20-4/h5-6,9,13,18H,7-8,10-11H2,1-4H3. The third-order valence-electron chi connectivity index (χ3n) is 3.65. The second kappa shape index (κ2) is 6.46. The molecule has 1 aromatic carbocycles. The predicted octanol–water partition coefficient (Wildman–Crippen LogP) is 3.56. The van der Waals surface area contributed by atoms with E-state index in [9.17, 15) is 0 Å². The molecule has 1 unspecified atom stereocenters. The summed E-state index contributed by atoms with van der Waals surface area (Å²) in [7, 11) is 1.80. The molecule has 0 amide bonds. The Kier molecular flexibility index (Phi) is 5.10. The monoisotopic (exact) mass is 340 g/mol. The van der Waals surface area contributed by atoms with Gasteiger partial charge in [-0.25, -0.2) is 0 Å². The number of hydrogen-bond acceptors (Lipinski definition) is 3. The van der Waals surface area contributed by atoms with Crippen LogP contribution in [0, 0.1) is 0 Å². The van der Waals surface area contributed by atoms with Gasteiger partial charge in [-0.05, 0) is 60.8 Å². The number of benzene rings is 1. The summed E-state index contributed by atoms with van der Waals surface area (Å²) >= 11 is 3.71. The van der Waals surface area contributed by atoms with Crippen LogP contribution in [0.25, 0.3) is 0 Å². The third kappa shape index (κ3) is 4.21. The van der Waals surface area contributed by atoms with Crippen molar-refractivity contribution in [1.29, 1.82) is 0 Å². The van der Waals surface area contributed by atoms with Gasteiger partial charge in [0, 0.05) is 36.8 Å². The number of rotatable bonds is 4. The number of nitrogens with zero attached hydrogens (tertiary/aromatic N) is 1. The van der Waals surface area contributed by atoms with Crippen molar-refractivity contribution in [3.8, 4) is 0 Å². The van der Waals surface area contributed by atoms with Gasteiger partial charge in [-0.1, -0.05) is 6.07 Å². The number of hydrogen-bond donors (Lipinski definition) is 1. The molecule has 1 fully saturated rings. The molecule has 1 atom stereocenters. The molecule has 2 rings (SSSR count). The molecule has 4 heteroatoms. The van der Waals surface area contributed by atoms with Gasteiger partial charge in [-0.3, -0.25) is 0 Å². The minimum atomic E-state index is 0.145. The van der Waals surface area contributed by atoms with E-state index in [2.05, 4.69) is 65.1 Å². The number of anilines is 1. The van der Waals surface area contributed by atoms with Crippen molar-refractivity contribution in [2.45, 2.75) is 45.4 Å². The average molecular weight is 341 g/mol. The summed E-state index contributed by atoms with van der Waals surface area (Å²) in [6.45, 7) is 9.50. The van der Waals surface area contributed by atoms with Gasteiger partial charge in [-0.2, -0.15) is 0 Å². The van der Waals surface area contributed by atoms with E-state index in [0.717, 1.165) is 26.1 Å². The summed E-state index contributed by atoms with van der Waals surface area (Å²) in [4.78, 5) is 2.39. The van der Waals surface area contributed by atoms with E-state index in [1.54, 1.807) is 7.11 Å². The topological polar surface area (TPSA) is 24.5 Å². The van der Waals surface area contributed by atoms with Crippen molar-refractivity contribution in [3.63, 3.8) is 0 Å². The largest absolute Gasteiger partial charge is 0.380 e. The average Bonchev–Trinajstić information content (AvgIpc) is 2.84. The molecule has 1 aliphatic heterocycles. The Bertz CT molecular complexity index is 456. The van der Waals surface area contributed by atoms with E-state index < -0.39 is 0 Å². The van der Waals surface area contributed by atoms with E-state index in [0.29, 0.717) is 6.10 Å². The zero-order valence-corrected chi connectivity index (χ0v) is 14.5. The lowest BCUT2D eigenvalue weighted by Crippen LogP contribution is -2.35. The smallest absolute Gasteiger partial charge is 0.0762 e. The normalized spacial score (nSPS) is 19.6. The van der Waals surface area contributed by atoms with Crippen LogP contribution in [-0.2, 0) is 11.3 Å². The molecule has 112 valence electrons. The Labute approximate surface area is 130 Å². The molecule has 0 saturated carbocycles. The van der Waals surface area contributed by atoms with Crippen molar-refractivity contribution in [1.82, 2.24) is 5.32 Å². The third-order valence-corrected chi connectivity index (χ3v) is 4.29. The van der Waals surface area contributed by atoms with Crippen LogP contribution < -0.4 is 10.2 Å². The van der Waals surface area contributed by atoms with Crippen LogP contribution >= 0.6 is 15.9 Å². The van der Waals surface area contributed by atoms with E-state index in [1.807, 2.05) is 0 Å². The first-order valence-corrected chi connectivity index (χ1v) is 7.99. The second-order valence-electron chi connectivity index (χ2n) is 6.48. The Hall–Kier alpha value is -0.580. The SMILES string of the molecule is COC1CCN(c2ccc(CNC(C)(C)C)cc2Br)C1. The van der Waals surface area contributed by atoms with Gasteiger partial charge in [0.15, 0.2) is 0 Å². The molecule has 1 saturated heterocycles. The summed E-state index contributed by atoms with van der Waals surface area (Å²) < 4.78 is 6.60. The summed E-state index contributed by atoms with van der Waals surface area (Å²) in [5.74, 6) is 0. The molecule has 20 heavy (non-hydrogen) atoms. The Morgan fingerprint density at radius 3 is 2.70 bits per heavy atom. The molecule has 0 aliphatic carbocycles. The molecule has 0 spiro atoms. The number of nitrogens with one attached hydrogen (secondary N) is 1. The van der Waals surface area contributed by atoms with Gasteiger partial charge in [0.05, 0.1) is 11.8 Å². The maximum atomic E-state index is 5.44. The zero-order valence-electron chi connectivity index (χ0n) is 12.9. The lowest BCUT2D eigenvalue weighted by atomic mass is 10.1. The quantitative estimate of drug-likeness (QED) is 0.906. The highest BCUT2D eigenvalue weighted by atomic mass is 79.9. The van der Waals surface area contributed by atoms with Gasteiger partial charge < -0.3 is 15.0 Å². The lowest BCUT2D eigenvalue weighted by Gasteiger charge is -2.23. The Balaban J connectivity index is 2.03. The van der Waals surface area contributed by atoms with Crippen molar-refractivity contribution in [3.05, 3.63) is 28.2 Å². The molecule has 0 aromatic heterocycles. The van der Waals surface area contributed by atoms with Gasteiger partial charge in [-0.15, -0.1) is 0 Å². The molecule has 0 bridgehead atoms. The van der Waals surface area contributed by atoms with Crippen LogP contribution in [0.15, 0.2) is 22.7 Å². The summed E-state index contributed by atoms with van der Waals surface area (Å²) in [6, 6.07) is 6.63. The molecule has 1 heterocycles. The molecule has 1 aromatic rings. The van der Waals surface area contributed by atoms with Gasteiger partial charge in [0.2, 0.25) is 0 Å². The van der Waals surface area contributed by atoms with Crippen LogP contribution in [0.2, 0.25) is 0 Å². The summed E-state index contributed by atoms with van der Waals surface area (Å²) in [5.41, 5.74) is 2.72. The van der Waals surface area contributed by atoms with E-state index >= 15 is 0 Å². The highest BCUT2D eigenvalue weighted by molar-refractivity contribution is 9.10. The lowest BCUT2D eigenvalue weighted by molar-refractivity contribution is 0.121. The first kappa shape index (κ1) is 15.8. The van der Waals surface area contributed by atoms with E-state index in [-0.39, 0.29) is 5.54 Å². The molecule has 3 nitrogen and oxygen atoms in total. The highest BCUT2D eigenvalue weighted by Gasteiger charge is 2.23. The number of halogens is 1. The van der Waals surface area contributed by atoms with Gasteiger partial charge >= 0.3 is 0 Å². The molecule has 0 radical (unpaired) electrons. The first-order chi connectivity index (χ1) is 9.39. The van der Waals surface area contributed by atoms with Crippen molar-refractivity contribution in [2.75, 3.05) is 25.1 Å². The van der Waals surface area contributed by atoms with Crippen LogP contribution in [0.5, 0.6) is 0 Å². The maximum Gasteiger partial charge on any atom is 0.0762 e. The minimum Gasteiger partial charge on any atom is -0.380 e. The van der Waals surface area contributed by atoms with E-state index in [1.165, 1.54) is 15.7 Å². The Morgan fingerprint density at radius 2 is 2.15 bits per heavy atom. The fourth-order valence-corrected chi connectivity index (χ4v) is 3.10. The van der Waals surface area contributed by atoms with Gasteiger partial charge in [0.25, 0.3) is 0 Å². The first-order valence-electron chi connectivity index (χ1n) is 7.20. The molecular formula is C16H25BrN2O. The summed E-state index contributed by atoms with van der Waals surface area (Å²) in [5, 5.41) is 3.52. The maximum absolute atomic E-state index is 5.44. The van der Waals surface area contributed by atoms with Crippen LogP contribution in [0.1, 0.15) is 32.8 Å². The fourth-order valence-electron chi connectivity index (χ4n) is 2.42. The van der Waals surface area contributed by atoms with Crippen LogP contribution in [0.3, 0.4) is 0 Å². The minimum absolute atomic E-state index is 0.145. The van der Waals surface area contributed by atoms with E-state index in [4.69, 9.17) is 4.74 Å². The summed E-state index contributed by atoms with van der Waals surface area (Å²) in [6.07, 6.45) is 1.47. The van der Waals surface area contributed by atoms with Gasteiger partial charge in [0.1, 0.15) is 0 Å². The zero-order chi connectivity index (χ0) is 14.8. The number of methoxy groups -OCH3 is 1. The number of ether oxygens (including phenoxy) is 1. The predicted molar refractivity (Wildman–Crippen MR) is 88.4 cm³/mol. The van der Waals surface area contributed by atoms with Crippen LogP contribution in [0.4, 0.5) is 5.69 Å². The molecule has 1 aliphatic rings. The second-order valence-corrected chi connectivity index (χ2v) is 7.34. The molecular weight excluding hydrogens is 316 g/mol. The highest BCUT2D eigenvalue weighted by Crippen LogP contribution is 2.30. The Morgan fingerprint density at radius 1 is 1.40 bits per heavy atom.